The van der Waals surface area contributed by atoms with Gasteiger partial charge < -0.3 is 5.11 Å². The van der Waals surface area contributed by atoms with Gasteiger partial charge in [0.05, 0.1) is 24.3 Å². The highest BCUT2D eigenvalue weighted by molar-refractivity contribution is 5.34. The average molecular weight is 278 g/mol. The molecule has 1 heterocycles. The van der Waals surface area contributed by atoms with Crippen LogP contribution in [0.5, 0.6) is 0 Å². The molecule has 0 radical (unpaired) electrons. The Morgan fingerprint density at radius 2 is 1.90 bits per heavy atom. The van der Waals surface area contributed by atoms with Crippen LogP contribution < -0.4 is 0 Å². The molecule has 3 rings (SSSR count). The van der Waals surface area contributed by atoms with Gasteiger partial charge in [-0.25, -0.2) is 0 Å². The van der Waals surface area contributed by atoms with E-state index >= 15 is 0 Å². The van der Waals surface area contributed by atoms with Crippen LogP contribution in [0.2, 0.25) is 0 Å². The quantitative estimate of drug-likeness (QED) is 0.939. The zero-order valence-corrected chi connectivity index (χ0v) is 11.9. The van der Waals surface area contributed by atoms with E-state index in [1.165, 1.54) is 16.7 Å². The van der Waals surface area contributed by atoms with Crippen LogP contribution in [0.25, 0.3) is 0 Å². The maximum absolute atomic E-state index is 9.78. The molecule has 0 spiro atoms. The molecular weight excluding hydrogens is 260 g/mol. The molecule has 1 unspecified atom stereocenters. The Hall–Kier alpha value is -2.15. The van der Waals surface area contributed by atoms with E-state index < -0.39 is 0 Å². The lowest BCUT2D eigenvalue weighted by molar-refractivity contribution is 0.108. The van der Waals surface area contributed by atoms with Gasteiger partial charge in [0.25, 0.3) is 0 Å². The Kier molecular flexibility index (Phi) is 4.01. The van der Waals surface area contributed by atoms with E-state index in [4.69, 9.17) is 5.26 Å². The van der Waals surface area contributed by atoms with E-state index in [-0.39, 0.29) is 12.6 Å². The fourth-order valence-electron chi connectivity index (χ4n) is 3.03. The fourth-order valence-corrected chi connectivity index (χ4v) is 3.03. The summed E-state index contributed by atoms with van der Waals surface area (Å²) in [7, 11) is 0. The maximum Gasteiger partial charge on any atom is 0.0991 e. The third-order valence-electron chi connectivity index (χ3n) is 4.16. The van der Waals surface area contributed by atoms with Gasteiger partial charge in [-0.1, -0.05) is 36.4 Å². The Morgan fingerprint density at radius 3 is 2.62 bits per heavy atom. The topological polar surface area (TPSA) is 47.3 Å². The first-order chi connectivity index (χ1) is 10.3. The van der Waals surface area contributed by atoms with Crippen LogP contribution in [-0.4, -0.2) is 23.2 Å². The van der Waals surface area contributed by atoms with E-state index in [9.17, 15) is 5.11 Å². The second-order valence-electron chi connectivity index (χ2n) is 5.43. The lowest BCUT2D eigenvalue weighted by Gasteiger charge is -2.36. The number of aliphatic hydroxyl groups excluding tert-OH is 1. The lowest BCUT2D eigenvalue weighted by Crippen LogP contribution is -2.36. The van der Waals surface area contributed by atoms with Gasteiger partial charge in [0.15, 0.2) is 0 Å². The molecule has 0 amide bonds. The zero-order valence-electron chi connectivity index (χ0n) is 11.9. The first-order valence-corrected chi connectivity index (χ1v) is 7.23. The van der Waals surface area contributed by atoms with Crippen molar-refractivity contribution in [2.24, 2.45) is 0 Å². The second kappa shape index (κ2) is 6.09. The summed E-state index contributed by atoms with van der Waals surface area (Å²) in [6.45, 7) is 1.88. The van der Waals surface area contributed by atoms with Crippen LogP contribution in [0.15, 0.2) is 48.5 Å². The highest BCUT2D eigenvalue weighted by atomic mass is 16.3. The number of benzene rings is 2. The Bertz CT molecular complexity index is 658. The van der Waals surface area contributed by atoms with Crippen molar-refractivity contribution in [1.82, 2.24) is 4.90 Å². The van der Waals surface area contributed by atoms with Gasteiger partial charge in [-0.3, -0.25) is 4.90 Å². The number of hydrogen-bond acceptors (Lipinski definition) is 3. The molecule has 1 atom stereocenters. The van der Waals surface area contributed by atoms with E-state index in [1.807, 2.05) is 30.3 Å². The summed E-state index contributed by atoms with van der Waals surface area (Å²) in [5, 5.41) is 18.6. The molecule has 2 aromatic rings. The molecule has 1 N–H and O–H groups in total. The molecule has 1 aliphatic heterocycles. The number of aliphatic hydroxyl groups is 1. The summed E-state index contributed by atoms with van der Waals surface area (Å²) in [6, 6.07) is 18.2. The van der Waals surface area contributed by atoms with E-state index in [2.05, 4.69) is 29.2 Å². The molecule has 0 fully saturated rings. The predicted octanol–water partition coefficient (Wildman–Crippen LogP) is 2.65. The largest absolute Gasteiger partial charge is 0.394 e. The molecule has 0 saturated heterocycles. The molecule has 0 aliphatic carbocycles. The van der Waals surface area contributed by atoms with Crippen LogP contribution in [0.3, 0.4) is 0 Å². The summed E-state index contributed by atoms with van der Waals surface area (Å²) in [4.78, 5) is 2.31. The van der Waals surface area contributed by atoms with Gasteiger partial charge in [-0.15, -0.1) is 0 Å². The highest BCUT2D eigenvalue weighted by Gasteiger charge is 2.26. The molecule has 0 saturated carbocycles. The first kappa shape index (κ1) is 13.8. The minimum atomic E-state index is 0.0607. The Morgan fingerprint density at radius 1 is 1.14 bits per heavy atom. The summed E-state index contributed by atoms with van der Waals surface area (Å²) in [5.74, 6) is 0. The normalized spacial score (nSPS) is 18.0. The van der Waals surface area contributed by atoms with Crippen molar-refractivity contribution >= 4 is 0 Å². The number of nitrogens with zero attached hydrogens (tertiary/aromatic N) is 2. The lowest BCUT2D eigenvalue weighted by atomic mass is 9.92. The fraction of sp³-hybridized carbons (Fsp3) is 0.278. The van der Waals surface area contributed by atoms with Crippen molar-refractivity contribution in [2.75, 3.05) is 13.2 Å². The summed E-state index contributed by atoms with van der Waals surface area (Å²) < 4.78 is 0. The molecule has 106 valence electrons. The number of hydrogen-bond donors (Lipinski definition) is 1. The van der Waals surface area contributed by atoms with Gasteiger partial charge >= 0.3 is 0 Å². The number of fused-ring (bicyclic) bond motifs is 1. The van der Waals surface area contributed by atoms with Gasteiger partial charge in [0.2, 0.25) is 0 Å². The van der Waals surface area contributed by atoms with Crippen LogP contribution in [0.4, 0.5) is 0 Å². The van der Waals surface area contributed by atoms with E-state index in [1.54, 1.807) is 0 Å². The Balaban J connectivity index is 1.81. The van der Waals surface area contributed by atoms with Crippen LogP contribution in [0.1, 0.15) is 28.3 Å². The third kappa shape index (κ3) is 2.82. The SMILES string of the molecule is N#Cc1ccc(CN2CCc3ccccc3C2CO)cc1. The van der Waals surface area contributed by atoms with Crippen molar-refractivity contribution in [3.63, 3.8) is 0 Å². The smallest absolute Gasteiger partial charge is 0.0991 e. The molecule has 1 aliphatic rings. The molecule has 21 heavy (non-hydrogen) atoms. The first-order valence-electron chi connectivity index (χ1n) is 7.23. The molecule has 0 aromatic heterocycles. The maximum atomic E-state index is 9.78. The van der Waals surface area contributed by atoms with Crippen molar-refractivity contribution in [3.8, 4) is 6.07 Å². The number of nitriles is 1. The summed E-state index contributed by atoms with van der Waals surface area (Å²) in [6.07, 6.45) is 1.02. The van der Waals surface area contributed by atoms with Crippen molar-refractivity contribution in [1.29, 1.82) is 5.26 Å². The van der Waals surface area contributed by atoms with Crippen molar-refractivity contribution < 1.29 is 5.11 Å². The van der Waals surface area contributed by atoms with Crippen molar-refractivity contribution in [2.45, 2.75) is 19.0 Å². The highest BCUT2D eigenvalue weighted by Crippen LogP contribution is 2.30. The predicted molar refractivity (Wildman–Crippen MR) is 81.5 cm³/mol. The summed E-state index contributed by atoms with van der Waals surface area (Å²) in [5.41, 5.74) is 4.43. The third-order valence-corrected chi connectivity index (χ3v) is 4.16. The molecule has 3 heteroatoms. The average Bonchev–Trinajstić information content (AvgIpc) is 2.55. The van der Waals surface area contributed by atoms with E-state index in [0.29, 0.717) is 5.56 Å². The van der Waals surface area contributed by atoms with Crippen molar-refractivity contribution in [3.05, 3.63) is 70.8 Å². The minimum Gasteiger partial charge on any atom is -0.394 e. The molecule has 3 nitrogen and oxygen atoms in total. The summed E-state index contributed by atoms with van der Waals surface area (Å²) >= 11 is 0. The van der Waals surface area contributed by atoms with Crippen LogP contribution in [-0.2, 0) is 13.0 Å². The molecule has 0 bridgehead atoms. The standard InChI is InChI=1S/C18H18N2O/c19-11-14-5-7-15(8-6-14)12-20-10-9-16-3-1-2-4-17(16)18(20)13-21/h1-8,18,21H,9-10,12-13H2. The van der Waals surface area contributed by atoms with Gasteiger partial charge in [0, 0.05) is 13.1 Å². The van der Waals surface area contributed by atoms with Gasteiger partial charge in [-0.05, 0) is 35.2 Å². The second-order valence-corrected chi connectivity index (χ2v) is 5.43. The number of rotatable bonds is 3. The molecule has 2 aromatic carbocycles. The van der Waals surface area contributed by atoms with E-state index in [0.717, 1.165) is 19.5 Å². The molecular formula is C18H18N2O. The van der Waals surface area contributed by atoms with Gasteiger partial charge in [-0.2, -0.15) is 5.26 Å². The van der Waals surface area contributed by atoms with Gasteiger partial charge in [0.1, 0.15) is 0 Å². The zero-order chi connectivity index (χ0) is 14.7. The monoisotopic (exact) mass is 278 g/mol. The van der Waals surface area contributed by atoms with Crippen LogP contribution >= 0.6 is 0 Å². The van der Waals surface area contributed by atoms with Crippen LogP contribution in [0, 0.1) is 11.3 Å². The minimum absolute atomic E-state index is 0.0607. The Labute approximate surface area is 125 Å².